The molecule has 0 radical (unpaired) electrons. The summed E-state index contributed by atoms with van der Waals surface area (Å²) in [6.45, 7) is 5.75. The third-order valence-electron chi connectivity index (χ3n) is 2.51. The lowest BCUT2D eigenvalue weighted by atomic mass is 9.90. The molecule has 0 bridgehead atoms. The predicted molar refractivity (Wildman–Crippen MR) is 66.5 cm³/mol. The standard InChI is InChI=1S/C12H18ClNO2/c1-7-8(13)6-9(15-4)11(16-5)10(7)12(2,3)14/h6H,14H2,1-5H3. The Balaban J connectivity index is 3.60. The number of benzene rings is 1. The zero-order chi connectivity index (χ0) is 12.5. The third-order valence-corrected chi connectivity index (χ3v) is 2.90. The van der Waals surface area contributed by atoms with Crippen LogP contribution in [-0.2, 0) is 5.54 Å². The molecule has 1 aromatic carbocycles. The van der Waals surface area contributed by atoms with E-state index in [2.05, 4.69) is 0 Å². The highest BCUT2D eigenvalue weighted by molar-refractivity contribution is 6.31. The van der Waals surface area contributed by atoms with Crippen LogP contribution in [0.2, 0.25) is 5.02 Å². The van der Waals surface area contributed by atoms with Gasteiger partial charge in [0, 0.05) is 22.2 Å². The monoisotopic (exact) mass is 243 g/mol. The fraction of sp³-hybridized carbons (Fsp3) is 0.500. The predicted octanol–water partition coefficient (Wildman–Crippen LogP) is 2.86. The summed E-state index contributed by atoms with van der Waals surface area (Å²) in [6, 6.07) is 1.74. The average Bonchev–Trinajstić information content (AvgIpc) is 2.19. The van der Waals surface area contributed by atoms with Crippen molar-refractivity contribution in [2.24, 2.45) is 5.73 Å². The summed E-state index contributed by atoms with van der Waals surface area (Å²) < 4.78 is 10.6. The first-order valence-corrected chi connectivity index (χ1v) is 5.41. The lowest BCUT2D eigenvalue weighted by Crippen LogP contribution is -2.30. The van der Waals surface area contributed by atoms with Gasteiger partial charge in [0.1, 0.15) is 0 Å². The Kier molecular flexibility index (Phi) is 3.71. The maximum Gasteiger partial charge on any atom is 0.166 e. The lowest BCUT2D eigenvalue weighted by Gasteiger charge is -2.26. The second-order valence-electron chi connectivity index (χ2n) is 4.32. The van der Waals surface area contributed by atoms with Gasteiger partial charge in [0.25, 0.3) is 0 Å². The highest BCUT2D eigenvalue weighted by atomic mass is 35.5. The summed E-state index contributed by atoms with van der Waals surface area (Å²) in [6.07, 6.45) is 0. The van der Waals surface area contributed by atoms with Crippen molar-refractivity contribution in [1.29, 1.82) is 0 Å². The van der Waals surface area contributed by atoms with Crippen molar-refractivity contribution in [3.05, 3.63) is 22.2 Å². The molecular weight excluding hydrogens is 226 g/mol. The maximum atomic E-state index is 6.14. The van der Waals surface area contributed by atoms with Gasteiger partial charge < -0.3 is 15.2 Å². The first-order chi connectivity index (χ1) is 7.32. The zero-order valence-corrected chi connectivity index (χ0v) is 11.1. The van der Waals surface area contributed by atoms with Gasteiger partial charge in [-0.15, -0.1) is 0 Å². The molecule has 1 aromatic rings. The van der Waals surface area contributed by atoms with Crippen molar-refractivity contribution in [3.63, 3.8) is 0 Å². The summed E-state index contributed by atoms with van der Waals surface area (Å²) >= 11 is 6.14. The molecule has 1 rings (SSSR count). The smallest absolute Gasteiger partial charge is 0.166 e. The van der Waals surface area contributed by atoms with Crippen LogP contribution in [0.5, 0.6) is 11.5 Å². The minimum absolute atomic E-state index is 0.534. The van der Waals surface area contributed by atoms with Crippen molar-refractivity contribution in [2.75, 3.05) is 14.2 Å². The van der Waals surface area contributed by atoms with E-state index in [0.29, 0.717) is 16.5 Å². The molecule has 0 fully saturated rings. The number of ether oxygens (including phenoxy) is 2. The fourth-order valence-electron chi connectivity index (χ4n) is 1.83. The van der Waals surface area contributed by atoms with Gasteiger partial charge in [0.2, 0.25) is 0 Å². The van der Waals surface area contributed by atoms with E-state index in [1.165, 1.54) is 0 Å². The Bertz CT molecular complexity index is 397. The van der Waals surface area contributed by atoms with E-state index >= 15 is 0 Å². The molecule has 2 N–H and O–H groups in total. The molecule has 0 aliphatic heterocycles. The number of halogens is 1. The Morgan fingerprint density at radius 1 is 1.25 bits per heavy atom. The molecule has 0 aromatic heterocycles. The van der Waals surface area contributed by atoms with E-state index in [4.69, 9.17) is 26.8 Å². The van der Waals surface area contributed by atoms with E-state index in [0.717, 1.165) is 11.1 Å². The quantitative estimate of drug-likeness (QED) is 0.888. The topological polar surface area (TPSA) is 44.5 Å². The van der Waals surface area contributed by atoms with Crippen LogP contribution in [0.1, 0.15) is 25.0 Å². The molecule has 0 spiro atoms. The minimum Gasteiger partial charge on any atom is -0.493 e. The van der Waals surface area contributed by atoms with Crippen LogP contribution in [0, 0.1) is 6.92 Å². The summed E-state index contributed by atoms with van der Waals surface area (Å²) in [5.41, 5.74) is 7.40. The second-order valence-corrected chi connectivity index (χ2v) is 4.72. The van der Waals surface area contributed by atoms with Gasteiger partial charge in [-0.25, -0.2) is 0 Å². The molecule has 4 heteroatoms. The van der Waals surface area contributed by atoms with E-state index in [9.17, 15) is 0 Å². The molecule has 0 saturated carbocycles. The van der Waals surface area contributed by atoms with Crippen LogP contribution in [0.15, 0.2) is 6.07 Å². The molecule has 16 heavy (non-hydrogen) atoms. The Morgan fingerprint density at radius 3 is 2.19 bits per heavy atom. The number of hydrogen-bond acceptors (Lipinski definition) is 3. The minimum atomic E-state index is -0.534. The third kappa shape index (κ3) is 2.25. The van der Waals surface area contributed by atoms with Crippen molar-refractivity contribution < 1.29 is 9.47 Å². The Hall–Kier alpha value is -0.930. The van der Waals surface area contributed by atoms with E-state index in [1.54, 1.807) is 20.3 Å². The van der Waals surface area contributed by atoms with Crippen LogP contribution < -0.4 is 15.2 Å². The number of nitrogens with two attached hydrogens (primary N) is 1. The van der Waals surface area contributed by atoms with Gasteiger partial charge >= 0.3 is 0 Å². The lowest BCUT2D eigenvalue weighted by molar-refractivity contribution is 0.343. The zero-order valence-electron chi connectivity index (χ0n) is 10.3. The Labute approximate surface area is 101 Å². The fourth-order valence-corrected chi connectivity index (χ4v) is 2.03. The van der Waals surface area contributed by atoms with E-state index in [1.807, 2.05) is 20.8 Å². The van der Waals surface area contributed by atoms with Gasteiger partial charge in [-0.1, -0.05) is 11.6 Å². The summed E-state index contributed by atoms with van der Waals surface area (Å²) in [7, 11) is 3.18. The molecule has 0 heterocycles. The molecule has 3 nitrogen and oxygen atoms in total. The van der Waals surface area contributed by atoms with Gasteiger partial charge in [-0.2, -0.15) is 0 Å². The van der Waals surface area contributed by atoms with Crippen molar-refractivity contribution in [3.8, 4) is 11.5 Å². The molecular formula is C12H18ClNO2. The first kappa shape index (κ1) is 13.1. The average molecular weight is 244 g/mol. The highest BCUT2D eigenvalue weighted by Gasteiger charge is 2.26. The van der Waals surface area contributed by atoms with Gasteiger partial charge in [-0.05, 0) is 26.3 Å². The molecule has 90 valence electrons. The van der Waals surface area contributed by atoms with Crippen LogP contribution in [-0.4, -0.2) is 14.2 Å². The highest BCUT2D eigenvalue weighted by Crippen LogP contribution is 2.41. The van der Waals surface area contributed by atoms with Crippen LogP contribution >= 0.6 is 11.6 Å². The molecule has 0 amide bonds. The molecule has 0 saturated heterocycles. The Morgan fingerprint density at radius 2 is 1.81 bits per heavy atom. The number of rotatable bonds is 3. The van der Waals surface area contributed by atoms with E-state index in [-0.39, 0.29) is 0 Å². The second kappa shape index (κ2) is 4.52. The summed E-state index contributed by atoms with van der Waals surface area (Å²) in [5, 5.41) is 0.631. The number of methoxy groups -OCH3 is 2. The summed E-state index contributed by atoms with van der Waals surface area (Å²) in [4.78, 5) is 0. The first-order valence-electron chi connectivity index (χ1n) is 5.03. The maximum absolute atomic E-state index is 6.14. The molecule has 0 aliphatic carbocycles. The van der Waals surface area contributed by atoms with Gasteiger partial charge in [-0.3, -0.25) is 0 Å². The van der Waals surface area contributed by atoms with Crippen LogP contribution in [0.3, 0.4) is 0 Å². The molecule has 0 unspecified atom stereocenters. The van der Waals surface area contributed by atoms with Crippen LogP contribution in [0.4, 0.5) is 0 Å². The van der Waals surface area contributed by atoms with Gasteiger partial charge in [0.05, 0.1) is 14.2 Å². The van der Waals surface area contributed by atoms with Crippen molar-refractivity contribution in [2.45, 2.75) is 26.3 Å². The van der Waals surface area contributed by atoms with E-state index < -0.39 is 5.54 Å². The van der Waals surface area contributed by atoms with Crippen molar-refractivity contribution in [1.82, 2.24) is 0 Å². The largest absolute Gasteiger partial charge is 0.493 e. The SMILES string of the molecule is COc1cc(Cl)c(C)c(C(C)(C)N)c1OC. The number of hydrogen-bond donors (Lipinski definition) is 1. The normalized spacial score (nSPS) is 11.4. The molecule has 0 aliphatic rings. The summed E-state index contributed by atoms with van der Waals surface area (Å²) in [5.74, 6) is 1.25. The van der Waals surface area contributed by atoms with Crippen molar-refractivity contribution >= 4 is 11.6 Å². The van der Waals surface area contributed by atoms with Crippen LogP contribution in [0.25, 0.3) is 0 Å². The van der Waals surface area contributed by atoms with Gasteiger partial charge in [0.15, 0.2) is 11.5 Å². The molecule has 0 atom stereocenters.